The number of rotatable bonds is 2. The molecular weight excluding hydrogens is 221 g/mol. The highest BCUT2D eigenvalue weighted by atomic mass is 32.1. The highest BCUT2D eigenvalue weighted by molar-refractivity contribution is 7.20. The molecule has 0 radical (unpaired) electrons. The zero-order valence-electron chi connectivity index (χ0n) is 10.5. The van der Waals surface area contributed by atoms with Crippen LogP contribution in [-0.4, -0.2) is 23.3 Å². The lowest BCUT2D eigenvalue weighted by atomic mass is 9.79. The molecule has 1 aliphatic rings. The third-order valence-electron chi connectivity index (χ3n) is 3.73. The first-order valence-electron chi connectivity index (χ1n) is 5.61. The van der Waals surface area contributed by atoms with Crippen LogP contribution >= 0.6 is 11.3 Å². The molecule has 3 nitrogen and oxygen atoms in total. The molecule has 1 aromatic rings. The lowest BCUT2D eigenvalue weighted by Gasteiger charge is -2.39. The van der Waals surface area contributed by atoms with Crippen LogP contribution in [0.5, 0.6) is 0 Å². The van der Waals surface area contributed by atoms with E-state index in [0.717, 1.165) is 4.78 Å². The van der Waals surface area contributed by atoms with Crippen molar-refractivity contribution in [3.05, 3.63) is 11.7 Å². The fourth-order valence-electron chi connectivity index (χ4n) is 2.06. The second kappa shape index (κ2) is 3.82. The predicted molar refractivity (Wildman–Crippen MR) is 67.0 cm³/mol. The van der Waals surface area contributed by atoms with Crippen LogP contribution in [0, 0.1) is 5.92 Å². The summed E-state index contributed by atoms with van der Waals surface area (Å²) in [4.78, 5) is 4.07. The van der Waals surface area contributed by atoms with E-state index in [0.29, 0.717) is 5.92 Å². The summed E-state index contributed by atoms with van der Waals surface area (Å²) in [5.41, 5.74) is 1.26. The Balaban J connectivity index is 2.27. The van der Waals surface area contributed by atoms with E-state index in [4.69, 9.17) is 9.31 Å². The van der Waals surface area contributed by atoms with Gasteiger partial charge in [-0.25, -0.2) is 0 Å². The van der Waals surface area contributed by atoms with Crippen LogP contribution in [-0.2, 0) is 9.31 Å². The largest absolute Gasteiger partial charge is 0.507 e. The molecular formula is C11H18BNO2S. The SMILES string of the molecule is CC(C)C1(C)OB(c2cncs2)OC1(C)C. The van der Waals surface area contributed by atoms with Crippen molar-refractivity contribution in [2.45, 2.75) is 45.8 Å². The van der Waals surface area contributed by atoms with Crippen LogP contribution in [0.1, 0.15) is 34.6 Å². The topological polar surface area (TPSA) is 31.4 Å². The monoisotopic (exact) mass is 239 g/mol. The Morgan fingerprint density at radius 2 is 2.00 bits per heavy atom. The first kappa shape index (κ1) is 12.1. The van der Waals surface area contributed by atoms with Gasteiger partial charge in [-0.05, 0) is 26.7 Å². The average molecular weight is 239 g/mol. The van der Waals surface area contributed by atoms with Crippen molar-refractivity contribution in [1.82, 2.24) is 4.98 Å². The molecule has 1 atom stereocenters. The van der Waals surface area contributed by atoms with Gasteiger partial charge in [0, 0.05) is 6.20 Å². The Morgan fingerprint density at radius 3 is 2.44 bits per heavy atom. The van der Waals surface area contributed by atoms with Crippen molar-refractivity contribution in [2.75, 3.05) is 0 Å². The van der Waals surface area contributed by atoms with Gasteiger partial charge in [0.2, 0.25) is 0 Å². The molecule has 1 aromatic heterocycles. The molecule has 1 fully saturated rings. The number of thiazole rings is 1. The summed E-state index contributed by atoms with van der Waals surface area (Å²) in [6, 6.07) is 0. The molecule has 0 aromatic carbocycles. The van der Waals surface area contributed by atoms with Crippen LogP contribution in [0.15, 0.2) is 11.7 Å². The summed E-state index contributed by atoms with van der Waals surface area (Å²) in [5, 5.41) is 0. The highest BCUT2D eigenvalue weighted by Crippen LogP contribution is 2.42. The minimum Gasteiger partial charge on any atom is -0.399 e. The fraction of sp³-hybridized carbons (Fsp3) is 0.727. The molecule has 16 heavy (non-hydrogen) atoms. The second-order valence-electron chi connectivity index (χ2n) is 5.24. The number of nitrogens with zero attached hydrogens (tertiary/aromatic N) is 1. The van der Waals surface area contributed by atoms with E-state index in [1.807, 2.05) is 6.20 Å². The minimum absolute atomic E-state index is 0.262. The molecule has 0 saturated carbocycles. The first-order chi connectivity index (χ1) is 7.37. The van der Waals surface area contributed by atoms with Gasteiger partial charge >= 0.3 is 7.12 Å². The van der Waals surface area contributed by atoms with Crippen LogP contribution in [0.4, 0.5) is 0 Å². The molecule has 0 spiro atoms. The molecule has 5 heteroatoms. The number of hydrogen-bond acceptors (Lipinski definition) is 4. The Bertz CT molecular complexity index is 366. The molecule has 0 bridgehead atoms. The summed E-state index contributed by atoms with van der Waals surface area (Å²) in [6.45, 7) is 10.6. The van der Waals surface area contributed by atoms with Gasteiger partial charge < -0.3 is 9.31 Å². The van der Waals surface area contributed by atoms with E-state index in [2.05, 4.69) is 39.6 Å². The molecule has 1 aliphatic heterocycles. The molecule has 2 heterocycles. The van der Waals surface area contributed by atoms with E-state index in [9.17, 15) is 0 Å². The molecule has 0 N–H and O–H groups in total. The molecule has 1 saturated heterocycles. The molecule has 0 aliphatic carbocycles. The normalized spacial score (nSPS) is 29.0. The smallest absolute Gasteiger partial charge is 0.399 e. The highest BCUT2D eigenvalue weighted by Gasteiger charge is 2.56. The third-order valence-corrected chi connectivity index (χ3v) is 4.53. The van der Waals surface area contributed by atoms with Crippen molar-refractivity contribution in [2.24, 2.45) is 5.92 Å². The first-order valence-corrected chi connectivity index (χ1v) is 6.49. The van der Waals surface area contributed by atoms with Crippen molar-refractivity contribution in [1.29, 1.82) is 0 Å². The quantitative estimate of drug-likeness (QED) is 0.740. The van der Waals surface area contributed by atoms with Gasteiger partial charge in [0.25, 0.3) is 0 Å². The Hall–Kier alpha value is -0.385. The standard InChI is InChI=1S/C11H18BNO2S/c1-8(2)11(5)10(3,4)14-12(15-11)9-6-13-7-16-9/h6-8H,1-5H3. The van der Waals surface area contributed by atoms with Gasteiger partial charge in [0.15, 0.2) is 0 Å². The van der Waals surface area contributed by atoms with Crippen molar-refractivity contribution < 1.29 is 9.31 Å². The molecule has 0 amide bonds. The van der Waals surface area contributed by atoms with Gasteiger partial charge in [-0.3, -0.25) is 4.98 Å². The van der Waals surface area contributed by atoms with Gasteiger partial charge in [0.1, 0.15) is 0 Å². The van der Waals surface area contributed by atoms with E-state index in [-0.39, 0.29) is 18.3 Å². The maximum atomic E-state index is 6.12. The summed E-state index contributed by atoms with van der Waals surface area (Å²) in [5.74, 6) is 0.403. The Kier molecular flexibility index (Phi) is 2.89. The van der Waals surface area contributed by atoms with E-state index < -0.39 is 0 Å². The van der Waals surface area contributed by atoms with Crippen LogP contribution in [0.3, 0.4) is 0 Å². The zero-order valence-corrected chi connectivity index (χ0v) is 11.3. The zero-order chi connectivity index (χ0) is 12.0. The fourth-order valence-corrected chi connectivity index (χ4v) is 2.63. The number of hydrogen-bond donors (Lipinski definition) is 0. The van der Waals surface area contributed by atoms with Gasteiger partial charge in [-0.2, -0.15) is 0 Å². The lowest BCUT2D eigenvalue weighted by molar-refractivity contribution is -0.0435. The summed E-state index contributed by atoms with van der Waals surface area (Å²) >= 11 is 1.57. The van der Waals surface area contributed by atoms with Crippen LogP contribution in [0.2, 0.25) is 0 Å². The average Bonchev–Trinajstić information content (AvgIpc) is 2.74. The van der Waals surface area contributed by atoms with E-state index in [1.165, 1.54) is 0 Å². The van der Waals surface area contributed by atoms with Gasteiger partial charge in [-0.1, -0.05) is 13.8 Å². The maximum Gasteiger partial charge on any atom is 0.507 e. The second-order valence-corrected chi connectivity index (χ2v) is 6.16. The van der Waals surface area contributed by atoms with E-state index in [1.54, 1.807) is 16.8 Å². The maximum absolute atomic E-state index is 6.12. The van der Waals surface area contributed by atoms with Crippen LogP contribution < -0.4 is 4.78 Å². The summed E-state index contributed by atoms with van der Waals surface area (Å²) < 4.78 is 13.2. The number of aromatic nitrogens is 1. The van der Waals surface area contributed by atoms with Crippen LogP contribution in [0.25, 0.3) is 0 Å². The molecule has 1 unspecified atom stereocenters. The van der Waals surface area contributed by atoms with Crippen molar-refractivity contribution in [3.63, 3.8) is 0 Å². The van der Waals surface area contributed by atoms with Gasteiger partial charge in [-0.15, -0.1) is 11.3 Å². The third kappa shape index (κ3) is 1.71. The minimum atomic E-state index is -0.282. The Morgan fingerprint density at radius 1 is 1.31 bits per heavy atom. The molecule has 2 rings (SSSR count). The Labute approximate surface area is 101 Å². The van der Waals surface area contributed by atoms with Gasteiger partial charge in [0.05, 0.1) is 21.5 Å². The predicted octanol–water partition coefficient (Wildman–Crippen LogP) is 2.08. The van der Waals surface area contributed by atoms with Crippen molar-refractivity contribution in [3.8, 4) is 0 Å². The summed E-state index contributed by atoms with van der Waals surface area (Å²) in [7, 11) is -0.269. The van der Waals surface area contributed by atoms with Crippen molar-refractivity contribution >= 4 is 23.2 Å². The lowest BCUT2D eigenvalue weighted by Crippen LogP contribution is -2.48. The molecule has 88 valence electrons. The summed E-state index contributed by atoms with van der Waals surface area (Å²) in [6.07, 6.45) is 1.82. The van der Waals surface area contributed by atoms with E-state index >= 15 is 0 Å².